The van der Waals surface area contributed by atoms with Crippen LogP contribution < -0.4 is 10.6 Å². The van der Waals surface area contributed by atoms with Crippen molar-refractivity contribution in [2.75, 3.05) is 11.9 Å². The molecule has 2 N–H and O–H groups in total. The Morgan fingerprint density at radius 2 is 2.22 bits per heavy atom. The van der Waals surface area contributed by atoms with Crippen LogP contribution in [-0.2, 0) is 17.7 Å². The zero-order valence-electron chi connectivity index (χ0n) is 11.2. The fourth-order valence-corrected chi connectivity index (χ4v) is 1.96. The lowest BCUT2D eigenvalue weighted by Gasteiger charge is -2.19. The first-order valence-corrected chi connectivity index (χ1v) is 6.26. The lowest BCUT2D eigenvalue weighted by Crippen LogP contribution is -2.32. The van der Waals surface area contributed by atoms with Crippen LogP contribution in [0.5, 0.6) is 0 Å². The van der Waals surface area contributed by atoms with Crippen LogP contribution in [0, 0.1) is 0 Å². The van der Waals surface area contributed by atoms with Crippen LogP contribution in [0.15, 0.2) is 18.2 Å². The minimum atomic E-state index is -0.452. The van der Waals surface area contributed by atoms with Gasteiger partial charge in [-0.05, 0) is 44.4 Å². The number of carbonyl (C=O) groups excluding carboxylic acids is 1. The van der Waals surface area contributed by atoms with Gasteiger partial charge in [0.2, 0.25) is 0 Å². The predicted octanol–water partition coefficient (Wildman–Crippen LogP) is 2.68. The van der Waals surface area contributed by atoms with E-state index in [1.54, 1.807) is 0 Å². The normalized spacial score (nSPS) is 13.7. The molecule has 98 valence electrons. The fraction of sp³-hybridized carbons (Fsp3) is 0.500. The summed E-state index contributed by atoms with van der Waals surface area (Å²) >= 11 is 0. The van der Waals surface area contributed by atoms with Gasteiger partial charge in [-0.1, -0.05) is 12.1 Å². The van der Waals surface area contributed by atoms with Gasteiger partial charge in [0.05, 0.1) is 0 Å². The van der Waals surface area contributed by atoms with Gasteiger partial charge in [0.25, 0.3) is 0 Å². The molecule has 0 unspecified atom stereocenters. The average molecular weight is 248 g/mol. The smallest absolute Gasteiger partial charge is 0.407 e. The molecule has 2 rings (SSSR count). The van der Waals surface area contributed by atoms with E-state index in [9.17, 15) is 4.79 Å². The van der Waals surface area contributed by atoms with Crippen molar-refractivity contribution < 1.29 is 9.53 Å². The molecule has 1 amide bonds. The second kappa shape index (κ2) is 4.88. The van der Waals surface area contributed by atoms with Crippen molar-refractivity contribution in [1.29, 1.82) is 0 Å². The summed E-state index contributed by atoms with van der Waals surface area (Å²) in [7, 11) is 0. The molecule has 0 radical (unpaired) electrons. The zero-order valence-corrected chi connectivity index (χ0v) is 11.2. The number of nitrogens with one attached hydrogen (secondary N) is 2. The highest BCUT2D eigenvalue weighted by Crippen LogP contribution is 2.22. The Hall–Kier alpha value is -1.71. The quantitative estimate of drug-likeness (QED) is 0.846. The maximum Gasteiger partial charge on any atom is 0.407 e. The van der Waals surface area contributed by atoms with Crippen LogP contribution in [0.3, 0.4) is 0 Å². The first kappa shape index (κ1) is 12.7. The number of ether oxygens (including phenoxy) is 1. The second-order valence-electron chi connectivity index (χ2n) is 5.52. The summed E-state index contributed by atoms with van der Waals surface area (Å²) in [5.41, 5.74) is 3.17. The summed E-state index contributed by atoms with van der Waals surface area (Å²) in [6.45, 7) is 7.06. The summed E-state index contributed by atoms with van der Waals surface area (Å²) in [6, 6.07) is 6.22. The lowest BCUT2D eigenvalue weighted by atomic mass is 10.1. The highest BCUT2D eigenvalue weighted by molar-refractivity contribution is 5.67. The molecular weight excluding hydrogens is 228 g/mol. The monoisotopic (exact) mass is 248 g/mol. The van der Waals surface area contributed by atoms with Crippen LogP contribution in [0.4, 0.5) is 10.5 Å². The molecule has 0 fully saturated rings. The summed E-state index contributed by atoms with van der Waals surface area (Å²) < 4.78 is 5.19. The molecule has 1 aliphatic rings. The number of hydrogen-bond acceptors (Lipinski definition) is 3. The van der Waals surface area contributed by atoms with E-state index in [0.717, 1.165) is 18.5 Å². The molecule has 0 aromatic heterocycles. The number of fused-ring (bicyclic) bond motifs is 1. The molecule has 0 saturated carbocycles. The molecule has 0 spiro atoms. The van der Waals surface area contributed by atoms with Crippen molar-refractivity contribution in [2.24, 2.45) is 0 Å². The Morgan fingerprint density at radius 3 is 2.94 bits per heavy atom. The van der Waals surface area contributed by atoms with Gasteiger partial charge in [0.1, 0.15) is 5.60 Å². The first-order valence-electron chi connectivity index (χ1n) is 6.26. The van der Waals surface area contributed by atoms with Crippen molar-refractivity contribution in [1.82, 2.24) is 5.32 Å². The Labute approximate surface area is 108 Å². The molecule has 4 nitrogen and oxygen atoms in total. The third-order valence-electron chi connectivity index (χ3n) is 2.72. The van der Waals surface area contributed by atoms with E-state index in [1.165, 1.54) is 11.3 Å². The van der Waals surface area contributed by atoms with Gasteiger partial charge in [-0.3, -0.25) is 0 Å². The summed E-state index contributed by atoms with van der Waals surface area (Å²) in [6.07, 6.45) is 0.677. The second-order valence-corrected chi connectivity index (χ2v) is 5.52. The standard InChI is InChI=1S/C14H20N2O2/c1-14(2,3)18-13(17)16-9-10-4-5-12-11(8-10)6-7-15-12/h4-5,8,15H,6-7,9H2,1-3H3,(H,16,17). The summed E-state index contributed by atoms with van der Waals surface area (Å²) in [5, 5.41) is 6.08. The molecule has 4 heteroatoms. The van der Waals surface area contributed by atoms with Crippen LogP contribution >= 0.6 is 0 Å². The third-order valence-corrected chi connectivity index (χ3v) is 2.72. The molecule has 18 heavy (non-hydrogen) atoms. The Bertz CT molecular complexity index is 450. The van der Waals surface area contributed by atoms with Gasteiger partial charge in [0.15, 0.2) is 0 Å². The minimum Gasteiger partial charge on any atom is -0.444 e. The molecule has 0 aliphatic carbocycles. The van der Waals surface area contributed by atoms with Gasteiger partial charge < -0.3 is 15.4 Å². The van der Waals surface area contributed by atoms with Gasteiger partial charge >= 0.3 is 6.09 Å². The van der Waals surface area contributed by atoms with E-state index in [0.29, 0.717) is 6.54 Å². The van der Waals surface area contributed by atoms with E-state index >= 15 is 0 Å². The maximum absolute atomic E-state index is 11.5. The number of hydrogen-bond donors (Lipinski definition) is 2. The Morgan fingerprint density at radius 1 is 1.44 bits per heavy atom. The molecule has 1 aliphatic heterocycles. The topological polar surface area (TPSA) is 50.4 Å². The number of carbonyl (C=O) groups is 1. The summed E-state index contributed by atoms with van der Waals surface area (Å²) in [4.78, 5) is 11.5. The summed E-state index contributed by atoms with van der Waals surface area (Å²) in [5.74, 6) is 0. The van der Waals surface area contributed by atoms with Crippen molar-refractivity contribution >= 4 is 11.8 Å². The van der Waals surface area contributed by atoms with Crippen LogP contribution in [0.25, 0.3) is 0 Å². The van der Waals surface area contributed by atoms with E-state index < -0.39 is 5.60 Å². The number of anilines is 1. The number of rotatable bonds is 2. The molecule has 1 aromatic rings. The number of alkyl carbamates (subject to hydrolysis) is 1. The molecular formula is C14H20N2O2. The van der Waals surface area contributed by atoms with Crippen molar-refractivity contribution in [3.05, 3.63) is 29.3 Å². The fourth-order valence-electron chi connectivity index (χ4n) is 1.96. The molecule has 1 heterocycles. The minimum absolute atomic E-state index is 0.374. The molecule has 0 bridgehead atoms. The van der Waals surface area contributed by atoms with E-state index in [4.69, 9.17) is 4.74 Å². The first-order chi connectivity index (χ1) is 8.44. The third kappa shape index (κ3) is 3.39. The number of amides is 1. The van der Waals surface area contributed by atoms with Gasteiger partial charge in [0, 0.05) is 18.8 Å². The van der Waals surface area contributed by atoms with Gasteiger partial charge in [-0.25, -0.2) is 4.79 Å². The van der Waals surface area contributed by atoms with Crippen LogP contribution in [-0.4, -0.2) is 18.2 Å². The zero-order chi connectivity index (χ0) is 13.2. The maximum atomic E-state index is 11.5. The Kier molecular flexibility index (Phi) is 3.45. The van der Waals surface area contributed by atoms with Crippen molar-refractivity contribution in [2.45, 2.75) is 39.3 Å². The van der Waals surface area contributed by atoms with Gasteiger partial charge in [-0.2, -0.15) is 0 Å². The molecule has 0 atom stereocenters. The van der Waals surface area contributed by atoms with Crippen LogP contribution in [0.2, 0.25) is 0 Å². The van der Waals surface area contributed by atoms with E-state index in [1.807, 2.05) is 26.8 Å². The van der Waals surface area contributed by atoms with Crippen LogP contribution in [0.1, 0.15) is 31.9 Å². The van der Waals surface area contributed by atoms with Gasteiger partial charge in [-0.15, -0.1) is 0 Å². The highest BCUT2D eigenvalue weighted by atomic mass is 16.6. The average Bonchev–Trinajstić information content (AvgIpc) is 2.71. The SMILES string of the molecule is CC(C)(C)OC(=O)NCc1ccc2c(c1)CCN2. The predicted molar refractivity (Wildman–Crippen MR) is 71.7 cm³/mol. The largest absolute Gasteiger partial charge is 0.444 e. The van der Waals surface area contributed by atoms with Crippen molar-refractivity contribution in [3.63, 3.8) is 0 Å². The highest BCUT2D eigenvalue weighted by Gasteiger charge is 2.16. The van der Waals surface area contributed by atoms with Crippen molar-refractivity contribution in [3.8, 4) is 0 Å². The number of benzene rings is 1. The molecule has 1 aromatic carbocycles. The lowest BCUT2D eigenvalue weighted by molar-refractivity contribution is 0.0523. The van der Waals surface area contributed by atoms with E-state index in [2.05, 4.69) is 22.8 Å². The Balaban J connectivity index is 1.89. The van der Waals surface area contributed by atoms with E-state index in [-0.39, 0.29) is 6.09 Å². The molecule has 0 saturated heterocycles.